The number of carbonyl (C=O) groups excluding carboxylic acids is 2. The Hall–Kier alpha value is -2.37. The number of benzene rings is 2. The lowest BCUT2D eigenvalue weighted by atomic mass is 10.2. The lowest BCUT2D eigenvalue weighted by Crippen LogP contribution is -2.30. The van der Waals surface area contributed by atoms with E-state index in [4.69, 9.17) is 11.6 Å². The van der Waals surface area contributed by atoms with Gasteiger partial charge >= 0.3 is 0 Å². The molecule has 1 fully saturated rings. The van der Waals surface area contributed by atoms with Crippen molar-refractivity contribution < 1.29 is 9.59 Å². The topological polar surface area (TPSA) is 61.4 Å². The van der Waals surface area contributed by atoms with Gasteiger partial charge in [0.15, 0.2) is 0 Å². The van der Waals surface area contributed by atoms with Gasteiger partial charge in [0.1, 0.15) is 0 Å². The van der Waals surface area contributed by atoms with Gasteiger partial charge in [-0.2, -0.15) is 0 Å². The van der Waals surface area contributed by atoms with Crippen molar-refractivity contribution in [3.63, 3.8) is 0 Å². The second-order valence-electron chi connectivity index (χ2n) is 6.04. The highest BCUT2D eigenvalue weighted by Crippen LogP contribution is 2.18. The van der Waals surface area contributed by atoms with Crippen LogP contribution >= 0.6 is 11.6 Å². The van der Waals surface area contributed by atoms with Gasteiger partial charge in [0.05, 0.1) is 17.1 Å². The lowest BCUT2D eigenvalue weighted by Gasteiger charge is -2.14. The number of halogens is 1. The third kappa shape index (κ3) is 4.81. The van der Waals surface area contributed by atoms with Gasteiger partial charge in [-0.15, -0.1) is 0 Å². The van der Waals surface area contributed by atoms with Gasteiger partial charge in [-0.1, -0.05) is 23.7 Å². The summed E-state index contributed by atoms with van der Waals surface area (Å²) in [6, 6.07) is 13.9. The summed E-state index contributed by atoms with van der Waals surface area (Å²) in [4.78, 5) is 26.4. The van der Waals surface area contributed by atoms with Gasteiger partial charge < -0.3 is 10.6 Å². The van der Waals surface area contributed by atoms with Crippen molar-refractivity contribution in [1.82, 2.24) is 4.90 Å². The van der Waals surface area contributed by atoms with Crippen LogP contribution in [0.25, 0.3) is 0 Å². The number of carbonyl (C=O) groups is 2. The maximum atomic E-state index is 12.2. The molecule has 1 heterocycles. The number of nitrogens with one attached hydrogen (secondary N) is 2. The fraction of sp³-hybridized carbons (Fsp3) is 0.263. The molecular weight excluding hydrogens is 338 g/mol. The average Bonchev–Trinajstić information content (AvgIpc) is 3.10. The first-order chi connectivity index (χ1) is 12.1. The normalized spacial score (nSPS) is 14.3. The second-order valence-corrected chi connectivity index (χ2v) is 6.45. The average molecular weight is 358 g/mol. The molecule has 0 unspecified atom stereocenters. The van der Waals surface area contributed by atoms with E-state index in [0.717, 1.165) is 25.9 Å². The Balaban J connectivity index is 1.55. The van der Waals surface area contributed by atoms with Crippen LogP contribution in [0.2, 0.25) is 5.02 Å². The molecule has 2 amide bonds. The van der Waals surface area contributed by atoms with Crippen LogP contribution in [0.1, 0.15) is 23.2 Å². The van der Waals surface area contributed by atoms with E-state index in [9.17, 15) is 9.59 Å². The Morgan fingerprint density at radius 3 is 2.16 bits per heavy atom. The summed E-state index contributed by atoms with van der Waals surface area (Å²) in [5.74, 6) is -0.286. The number of hydrogen-bond acceptors (Lipinski definition) is 3. The largest absolute Gasteiger partial charge is 0.325 e. The molecule has 0 aliphatic carbocycles. The fourth-order valence-corrected chi connectivity index (χ4v) is 3.05. The van der Waals surface area contributed by atoms with Crippen molar-refractivity contribution in [3.05, 3.63) is 59.1 Å². The maximum Gasteiger partial charge on any atom is 0.257 e. The third-order valence-corrected chi connectivity index (χ3v) is 4.44. The van der Waals surface area contributed by atoms with Crippen molar-refractivity contribution >= 4 is 34.8 Å². The fourth-order valence-electron chi connectivity index (χ4n) is 2.83. The van der Waals surface area contributed by atoms with Crippen LogP contribution in [0.4, 0.5) is 11.4 Å². The van der Waals surface area contributed by atoms with Crippen LogP contribution in [0.3, 0.4) is 0 Å². The number of likely N-dealkylation sites (tertiary alicyclic amines) is 1. The Morgan fingerprint density at radius 2 is 1.52 bits per heavy atom. The van der Waals surface area contributed by atoms with Gasteiger partial charge in [0.2, 0.25) is 5.91 Å². The summed E-state index contributed by atoms with van der Waals surface area (Å²) in [5, 5.41) is 6.08. The monoisotopic (exact) mass is 357 g/mol. The lowest BCUT2D eigenvalue weighted by molar-refractivity contribution is -0.117. The number of rotatable bonds is 5. The minimum absolute atomic E-state index is 0.0187. The summed E-state index contributed by atoms with van der Waals surface area (Å²) in [6.45, 7) is 2.39. The summed E-state index contributed by atoms with van der Waals surface area (Å²) in [6.07, 6.45) is 2.32. The summed E-state index contributed by atoms with van der Waals surface area (Å²) < 4.78 is 0. The molecule has 2 aromatic carbocycles. The van der Waals surface area contributed by atoms with E-state index < -0.39 is 0 Å². The standard InChI is InChI=1S/C19H20ClN3O2/c20-17-6-2-1-5-16(17)19(25)22-15-9-7-14(8-10-15)21-18(24)13-23-11-3-4-12-23/h1-2,5-10H,3-4,11-13H2,(H,21,24)(H,22,25). The van der Waals surface area contributed by atoms with E-state index in [1.54, 1.807) is 48.5 Å². The highest BCUT2D eigenvalue weighted by Gasteiger charge is 2.15. The number of amides is 2. The van der Waals surface area contributed by atoms with Gasteiger partial charge in [-0.3, -0.25) is 14.5 Å². The zero-order valence-corrected chi connectivity index (χ0v) is 14.6. The summed E-state index contributed by atoms with van der Waals surface area (Å²) in [5.41, 5.74) is 1.77. The van der Waals surface area contributed by atoms with Crippen LogP contribution in [-0.2, 0) is 4.79 Å². The predicted octanol–water partition coefficient (Wildman–Crippen LogP) is 3.63. The number of nitrogens with zero attached hydrogens (tertiary/aromatic N) is 1. The molecule has 130 valence electrons. The van der Waals surface area contributed by atoms with Gasteiger partial charge in [0.25, 0.3) is 5.91 Å². The van der Waals surface area contributed by atoms with Crippen LogP contribution in [0.15, 0.2) is 48.5 Å². The highest BCUT2D eigenvalue weighted by atomic mass is 35.5. The van der Waals surface area contributed by atoms with E-state index in [-0.39, 0.29) is 11.8 Å². The van der Waals surface area contributed by atoms with E-state index in [0.29, 0.717) is 28.5 Å². The zero-order chi connectivity index (χ0) is 17.6. The Bertz CT molecular complexity index is 756. The quantitative estimate of drug-likeness (QED) is 0.859. The van der Waals surface area contributed by atoms with E-state index in [1.165, 1.54) is 0 Å². The van der Waals surface area contributed by atoms with Gasteiger partial charge in [0, 0.05) is 11.4 Å². The zero-order valence-electron chi connectivity index (χ0n) is 13.8. The third-order valence-electron chi connectivity index (χ3n) is 4.11. The van der Waals surface area contributed by atoms with Crippen LogP contribution in [0.5, 0.6) is 0 Å². The smallest absolute Gasteiger partial charge is 0.257 e. The Kier molecular flexibility index (Phi) is 5.68. The molecule has 0 aromatic heterocycles. The molecule has 3 rings (SSSR count). The Morgan fingerprint density at radius 1 is 0.920 bits per heavy atom. The van der Waals surface area contributed by atoms with Crippen molar-refractivity contribution in [3.8, 4) is 0 Å². The molecule has 2 aromatic rings. The Labute approximate surface area is 152 Å². The number of hydrogen-bond donors (Lipinski definition) is 2. The van der Waals surface area contributed by atoms with Gasteiger partial charge in [-0.05, 0) is 62.3 Å². The van der Waals surface area contributed by atoms with Crippen molar-refractivity contribution in [2.45, 2.75) is 12.8 Å². The summed E-state index contributed by atoms with van der Waals surface area (Å²) >= 11 is 6.03. The molecule has 0 spiro atoms. The molecule has 0 bridgehead atoms. The SMILES string of the molecule is O=C(CN1CCCC1)Nc1ccc(NC(=O)c2ccccc2Cl)cc1. The van der Waals surface area contributed by atoms with Crippen molar-refractivity contribution in [1.29, 1.82) is 0 Å². The first kappa shape index (κ1) is 17.5. The molecule has 0 saturated carbocycles. The molecule has 25 heavy (non-hydrogen) atoms. The summed E-state index contributed by atoms with van der Waals surface area (Å²) in [7, 11) is 0. The molecular formula is C19H20ClN3O2. The molecule has 2 N–H and O–H groups in total. The van der Waals surface area contributed by atoms with E-state index in [2.05, 4.69) is 15.5 Å². The minimum atomic E-state index is -0.267. The molecule has 0 atom stereocenters. The molecule has 1 aliphatic rings. The highest BCUT2D eigenvalue weighted by molar-refractivity contribution is 6.34. The second kappa shape index (κ2) is 8.14. The molecule has 5 nitrogen and oxygen atoms in total. The van der Waals surface area contributed by atoms with E-state index in [1.807, 2.05) is 0 Å². The van der Waals surface area contributed by atoms with Crippen molar-refractivity contribution in [2.75, 3.05) is 30.3 Å². The van der Waals surface area contributed by atoms with Crippen LogP contribution in [-0.4, -0.2) is 36.3 Å². The molecule has 0 radical (unpaired) electrons. The predicted molar refractivity (Wildman–Crippen MR) is 100 cm³/mol. The first-order valence-electron chi connectivity index (χ1n) is 8.30. The minimum Gasteiger partial charge on any atom is -0.325 e. The number of anilines is 2. The van der Waals surface area contributed by atoms with Gasteiger partial charge in [-0.25, -0.2) is 0 Å². The first-order valence-corrected chi connectivity index (χ1v) is 8.68. The maximum absolute atomic E-state index is 12.2. The van der Waals surface area contributed by atoms with Crippen molar-refractivity contribution in [2.24, 2.45) is 0 Å². The molecule has 1 saturated heterocycles. The van der Waals surface area contributed by atoms with Crippen LogP contribution in [0, 0.1) is 0 Å². The van der Waals surface area contributed by atoms with E-state index >= 15 is 0 Å². The molecule has 6 heteroatoms. The molecule has 1 aliphatic heterocycles. The van der Waals surface area contributed by atoms with Crippen LogP contribution < -0.4 is 10.6 Å².